The lowest BCUT2D eigenvalue weighted by Gasteiger charge is -2.16. The van der Waals surface area contributed by atoms with Gasteiger partial charge in [0.1, 0.15) is 11.6 Å². The van der Waals surface area contributed by atoms with Crippen molar-refractivity contribution in [2.45, 2.75) is 25.7 Å². The van der Waals surface area contributed by atoms with Gasteiger partial charge in [-0.3, -0.25) is 4.79 Å². The Morgan fingerprint density at radius 1 is 0.800 bits per heavy atom. The molecule has 2 aromatic carbocycles. The maximum Gasteiger partial charge on any atom is 0.193 e. The summed E-state index contributed by atoms with van der Waals surface area (Å²) in [6.07, 6.45) is 4.31. The minimum Gasteiger partial charge on any atom is -0.289 e. The van der Waals surface area contributed by atoms with Crippen molar-refractivity contribution in [3.63, 3.8) is 0 Å². The van der Waals surface area contributed by atoms with E-state index in [-0.39, 0.29) is 11.3 Å². The molecule has 0 N–H and O–H groups in total. The van der Waals surface area contributed by atoms with Crippen LogP contribution in [0.3, 0.4) is 0 Å². The second-order valence-electron chi connectivity index (χ2n) is 5.18. The topological polar surface area (TPSA) is 17.1 Å². The molecular formula is C17H14F2O. The number of hydrogen-bond acceptors (Lipinski definition) is 1. The molecule has 20 heavy (non-hydrogen) atoms. The number of aryl methyl sites for hydroxylation is 2. The first-order valence-electron chi connectivity index (χ1n) is 6.76. The van der Waals surface area contributed by atoms with E-state index in [0.717, 1.165) is 37.5 Å². The zero-order valence-electron chi connectivity index (χ0n) is 11.0. The normalized spacial score (nSPS) is 13.9. The van der Waals surface area contributed by atoms with Crippen molar-refractivity contribution in [2.75, 3.05) is 0 Å². The number of hydrogen-bond donors (Lipinski definition) is 0. The molecule has 0 saturated heterocycles. The Morgan fingerprint density at radius 2 is 1.45 bits per heavy atom. The van der Waals surface area contributed by atoms with Crippen LogP contribution in [0.5, 0.6) is 0 Å². The van der Waals surface area contributed by atoms with E-state index in [1.54, 1.807) is 6.07 Å². The quantitative estimate of drug-likeness (QED) is 0.753. The van der Waals surface area contributed by atoms with Gasteiger partial charge in [0.05, 0.1) is 0 Å². The zero-order chi connectivity index (χ0) is 14.1. The third-order valence-electron chi connectivity index (χ3n) is 3.74. The molecular weight excluding hydrogens is 258 g/mol. The van der Waals surface area contributed by atoms with Gasteiger partial charge < -0.3 is 0 Å². The van der Waals surface area contributed by atoms with Crippen LogP contribution < -0.4 is 0 Å². The first kappa shape index (κ1) is 13.0. The average Bonchev–Trinajstić information content (AvgIpc) is 2.45. The third kappa shape index (κ3) is 2.48. The summed E-state index contributed by atoms with van der Waals surface area (Å²) in [4.78, 5) is 12.3. The lowest BCUT2D eigenvalue weighted by atomic mass is 9.89. The lowest BCUT2D eigenvalue weighted by molar-refractivity contribution is 0.103. The second-order valence-corrected chi connectivity index (χ2v) is 5.18. The summed E-state index contributed by atoms with van der Waals surface area (Å²) in [7, 11) is 0. The van der Waals surface area contributed by atoms with E-state index in [2.05, 4.69) is 0 Å². The first-order chi connectivity index (χ1) is 9.63. The highest BCUT2D eigenvalue weighted by molar-refractivity contribution is 6.09. The van der Waals surface area contributed by atoms with E-state index in [0.29, 0.717) is 5.56 Å². The second kappa shape index (κ2) is 5.16. The van der Waals surface area contributed by atoms with Gasteiger partial charge in [0.2, 0.25) is 0 Å². The maximum absolute atomic E-state index is 13.2. The zero-order valence-corrected chi connectivity index (χ0v) is 11.0. The average molecular weight is 272 g/mol. The van der Waals surface area contributed by atoms with Crippen LogP contribution in [0, 0.1) is 11.6 Å². The Balaban J connectivity index is 1.97. The molecule has 0 aliphatic heterocycles. The number of carbonyl (C=O) groups is 1. The van der Waals surface area contributed by atoms with Gasteiger partial charge in [0, 0.05) is 17.2 Å². The lowest BCUT2D eigenvalue weighted by Crippen LogP contribution is -2.07. The molecule has 0 saturated carbocycles. The molecule has 1 nitrogen and oxygen atoms in total. The smallest absolute Gasteiger partial charge is 0.193 e. The van der Waals surface area contributed by atoms with Crippen LogP contribution in [0.2, 0.25) is 0 Å². The van der Waals surface area contributed by atoms with Crippen molar-refractivity contribution >= 4 is 5.78 Å². The van der Waals surface area contributed by atoms with Crippen molar-refractivity contribution in [1.29, 1.82) is 0 Å². The molecule has 0 fully saturated rings. The molecule has 1 aliphatic rings. The minimum atomic E-state index is -0.730. The van der Waals surface area contributed by atoms with E-state index < -0.39 is 11.6 Å². The van der Waals surface area contributed by atoms with Gasteiger partial charge in [-0.2, -0.15) is 0 Å². The minimum absolute atomic E-state index is 0.0539. The van der Waals surface area contributed by atoms with Crippen molar-refractivity contribution in [3.8, 4) is 0 Å². The molecule has 2 aromatic rings. The molecule has 0 radical (unpaired) electrons. The van der Waals surface area contributed by atoms with Crippen LogP contribution in [-0.4, -0.2) is 5.78 Å². The Hall–Kier alpha value is -2.03. The molecule has 3 rings (SSSR count). The Kier molecular flexibility index (Phi) is 3.35. The molecule has 0 aromatic heterocycles. The van der Waals surface area contributed by atoms with Gasteiger partial charge in [0.25, 0.3) is 0 Å². The molecule has 0 bridgehead atoms. The van der Waals surface area contributed by atoms with Gasteiger partial charge >= 0.3 is 0 Å². The van der Waals surface area contributed by atoms with Gasteiger partial charge in [0.15, 0.2) is 5.78 Å². The summed E-state index contributed by atoms with van der Waals surface area (Å²) in [6.45, 7) is 0. The Bertz CT molecular complexity index is 656. The van der Waals surface area contributed by atoms with Crippen LogP contribution in [0.15, 0.2) is 36.4 Å². The van der Waals surface area contributed by atoms with E-state index >= 15 is 0 Å². The van der Waals surface area contributed by atoms with Crippen LogP contribution >= 0.6 is 0 Å². The fourth-order valence-electron chi connectivity index (χ4n) is 2.73. The summed E-state index contributed by atoms with van der Waals surface area (Å²) in [5, 5.41) is 0. The van der Waals surface area contributed by atoms with Crippen LogP contribution in [0.4, 0.5) is 8.78 Å². The fourth-order valence-corrected chi connectivity index (χ4v) is 2.73. The molecule has 0 amide bonds. The number of fused-ring (bicyclic) bond motifs is 1. The van der Waals surface area contributed by atoms with Crippen molar-refractivity contribution in [2.24, 2.45) is 0 Å². The first-order valence-corrected chi connectivity index (χ1v) is 6.76. The molecule has 0 atom stereocenters. The van der Waals surface area contributed by atoms with Gasteiger partial charge in [-0.15, -0.1) is 0 Å². The van der Waals surface area contributed by atoms with Gasteiger partial charge in [-0.1, -0.05) is 12.1 Å². The van der Waals surface area contributed by atoms with E-state index in [1.807, 2.05) is 12.1 Å². The highest BCUT2D eigenvalue weighted by Gasteiger charge is 2.15. The Labute approximate surface area is 116 Å². The van der Waals surface area contributed by atoms with Crippen LogP contribution in [-0.2, 0) is 12.8 Å². The SMILES string of the molecule is O=C(c1cc(F)cc(F)c1)c1ccc2c(c1)CCCC2. The standard InChI is InChI=1S/C17H14F2O/c18-15-8-14(9-16(19)10-15)17(20)13-6-5-11-3-1-2-4-12(11)7-13/h5-10H,1-4H2. The summed E-state index contributed by atoms with van der Waals surface area (Å²) in [5.41, 5.74) is 3.01. The van der Waals surface area contributed by atoms with Crippen molar-refractivity contribution in [1.82, 2.24) is 0 Å². The fraction of sp³-hybridized carbons (Fsp3) is 0.235. The number of carbonyl (C=O) groups excluding carboxylic acids is 1. The third-order valence-corrected chi connectivity index (χ3v) is 3.74. The van der Waals surface area contributed by atoms with Gasteiger partial charge in [-0.25, -0.2) is 8.78 Å². The molecule has 1 aliphatic carbocycles. The molecule has 0 spiro atoms. The van der Waals surface area contributed by atoms with Crippen LogP contribution in [0.1, 0.15) is 39.9 Å². The molecule has 102 valence electrons. The number of benzene rings is 2. The monoisotopic (exact) mass is 272 g/mol. The highest BCUT2D eigenvalue weighted by Crippen LogP contribution is 2.23. The molecule has 0 heterocycles. The van der Waals surface area contributed by atoms with Crippen molar-refractivity contribution in [3.05, 3.63) is 70.3 Å². The number of halogens is 2. The summed E-state index contributed by atoms with van der Waals surface area (Å²) in [6, 6.07) is 8.48. The predicted molar refractivity (Wildman–Crippen MR) is 72.9 cm³/mol. The highest BCUT2D eigenvalue weighted by atomic mass is 19.1. The van der Waals surface area contributed by atoms with Crippen LogP contribution in [0.25, 0.3) is 0 Å². The molecule has 3 heteroatoms. The maximum atomic E-state index is 13.2. The van der Waals surface area contributed by atoms with E-state index in [9.17, 15) is 13.6 Å². The number of rotatable bonds is 2. The Morgan fingerprint density at radius 3 is 2.15 bits per heavy atom. The number of ketones is 1. The van der Waals surface area contributed by atoms with E-state index in [4.69, 9.17) is 0 Å². The van der Waals surface area contributed by atoms with E-state index in [1.165, 1.54) is 17.5 Å². The summed E-state index contributed by atoms with van der Waals surface area (Å²) < 4.78 is 26.4. The predicted octanol–water partition coefficient (Wildman–Crippen LogP) is 4.07. The van der Waals surface area contributed by atoms with Crippen molar-refractivity contribution < 1.29 is 13.6 Å². The summed E-state index contributed by atoms with van der Waals surface area (Å²) in [5.74, 6) is -1.80. The largest absolute Gasteiger partial charge is 0.289 e. The summed E-state index contributed by atoms with van der Waals surface area (Å²) >= 11 is 0. The molecule has 0 unspecified atom stereocenters. The van der Waals surface area contributed by atoms with Gasteiger partial charge in [-0.05, 0) is 55.0 Å².